The molecule has 0 aliphatic carbocycles. The molecule has 1 amide bonds. The Hall–Kier alpha value is -0.880. The predicted molar refractivity (Wildman–Crippen MR) is 71.6 cm³/mol. The lowest BCUT2D eigenvalue weighted by atomic mass is 9.99. The van der Waals surface area contributed by atoms with Crippen molar-refractivity contribution in [2.24, 2.45) is 5.92 Å². The summed E-state index contributed by atoms with van der Waals surface area (Å²) < 4.78 is 25.3. The molecule has 1 fully saturated rings. The van der Waals surface area contributed by atoms with E-state index in [-0.39, 0.29) is 17.6 Å². The molecule has 5 nitrogen and oxygen atoms in total. The summed E-state index contributed by atoms with van der Waals surface area (Å²) in [5, 5.41) is 2.73. The second kappa shape index (κ2) is 6.89. The van der Waals surface area contributed by atoms with Gasteiger partial charge in [-0.25, -0.2) is 12.7 Å². The van der Waals surface area contributed by atoms with Crippen LogP contribution in [0.3, 0.4) is 0 Å². The van der Waals surface area contributed by atoms with Gasteiger partial charge in [0.05, 0.1) is 11.7 Å². The van der Waals surface area contributed by atoms with Crippen LogP contribution in [0, 0.1) is 5.92 Å². The minimum atomic E-state index is -3.19. The first kappa shape index (κ1) is 15.2. The lowest BCUT2D eigenvalue weighted by Gasteiger charge is -2.31. The van der Waals surface area contributed by atoms with Gasteiger partial charge in [0, 0.05) is 19.6 Å². The molecule has 1 N–H and O–H groups in total. The van der Waals surface area contributed by atoms with Crippen LogP contribution in [0.1, 0.15) is 26.2 Å². The highest BCUT2D eigenvalue weighted by molar-refractivity contribution is 7.89. The molecule has 0 unspecified atom stereocenters. The number of nitrogens with zero attached hydrogens (tertiary/aromatic N) is 1. The number of hydrogen-bond donors (Lipinski definition) is 1. The van der Waals surface area contributed by atoms with Gasteiger partial charge in [0.2, 0.25) is 15.9 Å². The molecule has 0 saturated carbocycles. The summed E-state index contributed by atoms with van der Waals surface area (Å²) in [5.74, 6) is -0.148. The number of carbonyl (C=O) groups excluding carboxylic acids is 1. The van der Waals surface area contributed by atoms with Crippen molar-refractivity contribution in [2.75, 3.05) is 25.4 Å². The van der Waals surface area contributed by atoms with Crippen molar-refractivity contribution in [2.45, 2.75) is 26.2 Å². The number of nitrogens with one attached hydrogen (secondary N) is 1. The molecule has 0 bridgehead atoms. The fourth-order valence-corrected chi connectivity index (χ4v) is 3.70. The fraction of sp³-hybridized carbons (Fsp3) is 0.750. The molecular formula is C12H22N2O3S. The maximum Gasteiger partial charge on any atom is 0.224 e. The molecule has 1 aliphatic heterocycles. The average Bonchev–Trinajstić information content (AvgIpc) is 2.36. The van der Waals surface area contributed by atoms with E-state index in [2.05, 4.69) is 11.9 Å². The van der Waals surface area contributed by atoms with Gasteiger partial charge in [-0.3, -0.25) is 4.79 Å². The summed E-state index contributed by atoms with van der Waals surface area (Å²) in [4.78, 5) is 11.8. The van der Waals surface area contributed by atoms with Gasteiger partial charge in [-0.1, -0.05) is 13.0 Å². The molecule has 6 heteroatoms. The van der Waals surface area contributed by atoms with Crippen LogP contribution in [-0.4, -0.2) is 44.0 Å². The van der Waals surface area contributed by atoms with Gasteiger partial charge in [-0.2, -0.15) is 0 Å². The Kier molecular flexibility index (Phi) is 5.81. The molecule has 0 spiro atoms. The first-order chi connectivity index (χ1) is 8.51. The van der Waals surface area contributed by atoms with Crippen molar-refractivity contribution < 1.29 is 13.2 Å². The monoisotopic (exact) mass is 274 g/mol. The maximum atomic E-state index is 11.9. The fourth-order valence-electron chi connectivity index (χ4n) is 2.11. The summed E-state index contributed by atoms with van der Waals surface area (Å²) in [6.45, 7) is 6.65. The van der Waals surface area contributed by atoms with E-state index in [1.165, 1.54) is 4.31 Å². The molecule has 0 radical (unpaired) electrons. The average molecular weight is 274 g/mol. The number of piperidine rings is 1. The molecule has 104 valence electrons. The molecule has 0 aromatic carbocycles. The third-order valence-electron chi connectivity index (χ3n) is 3.03. The van der Waals surface area contributed by atoms with Crippen molar-refractivity contribution >= 4 is 15.9 Å². The topological polar surface area (TPSA) is 66.5 Å². The van der Waals surface area contributed by atoms with Crippen LogP contribution >= 0.6 is 0 Å². The zero-order valence-corrected chi connectivity index (χ0v) is 11.7. The van der Waals surface area contributed by atoms with Crippen LogP contribution in [0.2, 0.25) is 0 Å². The molecule has 1 heterocycles. The van der Waals surface area contributed by atoms with E-state index in [0.29, 0.717) is 26.1 Å². The van der Waals surface area contributed by atoms with Gasteiger partial charge >= 0.3 is 0 Å². The van der Waals surface area contributed by atoms with E-state index >= 15 is 0 Å². The second-order valence-electron chi connectivity index (χ2n) is 4.55. The standard InChI is InChI=1S/C12H22N2O3S/c1-3-7-13-12(15)11-6-5-8-14(10-11)18(16,17)9-4-2/h3,11H,1,4-10H2,2H3,(H,13,15)/t11-/m0/s1. The normalized spacial score (nSPS) is 21.5. The zero-order valence-electron chi connectivity index (χ0n) is 10.9. The van der Waals surface area contributed by atoms with E-state index in [1.54, 1.807) is 6.08 Å². The number of rotatable bonds is 6. The summed E-state index contributed by atoms with van der Waals surface area (Å²) in [5.41, 5.74) is 0. The Bertz CT molecular complexity index is 392. The van der Waals surface area contributed by atoms with Crippen molar-refractivity contribution in [1.29, 1.82) is 0 Å². The quantitative estimate of drug-likeness (QED) is 0.727. The Balaban J connectivity index is 2.61. The molecule has 0 aromatic heterocycles. The van der Waals surface area contributed by atoms with E-state index in [0.717, 1.165) is 12.8 Å². The van der Waals surface area contributed by atoms with Crippen molar-refractivity contribution in [3.63, 3.8) is 0 Å². The van der Waals surface area contributed by atoms with E-state index < -0.39 is 10.0 Å². The van der Waals surface area contributed by atoms with Crippen LogP contribution < -0.4 is 5.32 Å². The van der Waals surface area contributed by atoms with Gasteiger partial charge in [0.25, 0.3) is 0 Å². The lowest BCUT2D eigenvalue weighted by molar-refractivity contribution is -0.125. The number of carbonyl (C=O) groups is 1. The Labute approximate surface area is 109 Å². The smallest absolute Gasteiger partial charge is 0.224 e. The second-order valence-corrected chi connectivity index (χ2v) is 6.64. The van der Waals surface area contributed by atoms with Crippen molar-refractivity contribution in [3.05, 3.63) is 12.7 Å². The molecule has 1 aliphatic rings. The SMILES string of the molecule is C=CCNC(=O)[C@H]1CCCN(S(=O)(=O)CCC)C1. The summed E-state index contributed by atoms with van der Waals surface area (Å²) in [6, 6.07) is 0. The van der Waals surface area contributed by atoms with E-state index in [4.69, 9.17) is 0 Å². The van der Waals surface area contributed by atoms with Crippen molar-refractivity contribution in [3.8, 4) is 0 Å². The highest BCUT2D eigenvalue weighted by atomic mass is 32.2. The third-order valence-corrected chi connectivity index (χ3v) is 5.07. The van der Waals surface area contributed by atoms with Gasteiger partial charge < -0.3 is 5.32 Å². The summed E-state index contributed by atoms with van der Waals surface area (Å²) in [6.07, 6.45) is 3.72. The van der Waals surface area contributed by atoms with Crippen LogP contribution in [0.25, 0.3) is 0 Å². The molecule has 1 saturated heterocycles. The van der Waals surface area contributed by atoms with Gasteiger partial charge in [-0.15, -0.1) is 6.58 Å². The van der Waals surface area contributed by atoms with Gasteiger partial charge in [0.1, 0.15) is 0 Å². The molecule has 1 rings (SSSR count). The Morgan fingerprint density at radius 1 is 1.56 bits per heavy atom. The minimum Gasteiger partial charge on any atom is -0.352 e. The molecule has 0 aromatic rings. The third kappa shape index (κ3) is 4.10. The van der Waals surface area contributed by atoms with E-state index in [1.807, 2.05) is 6.92 Å². The number of amides is 1. The molecule has 1 atom stereocenters. The largest absolute Gasteiger partial charge is 0.352 e. The van der Waals surface area contributed by atoms with Gasteiger partial charge in [-0.05, 0) is 19.3 Å². The van der Waals surface area contributed by atoms with Crippen LogP contribution in [0.4, 0.5) is 0 Å². The Morgan fingerprint density at radius 2 is 2.28 bits per heavy atom. The number of hydrogen-bond acceptors (Lipinski definition) is 3. The number of sulfonamides is 1. The first-order valence-electron chi connectivity index (χ1n) is 6.37. The lowest BCUT2D eigenvalue weighted by Crippen LogP contribution is -2.46. The summed E-state index contributed by atoms with van der Waals surface area (Å²) >= 11 is 0. The highest BCUT2D eigenvalue weighted by Crippen LogP contribution is 2.19. The summed E-state index contributed by atoms with van der Waals surface area (Å²) in [7, 11) is -3.19. The minimum absolute atomic E-state index is 0.0775. The van der Waals surface area contributed by atoms with Crippen molar-refractivity contribution in [1.82, 2.24) is 9.62 Å². The molecule has 18 heavy (non-hydrogen) atoms. The predicted octanol–water partition coefficient (Wildman–Crippen LogP) is 0.740. The van der Waals surface area contributed by atoms with Gasteiger partial charge in [0.15, 0.2) is 0 Å². The highest BCUT2D eigenvalue weighted by Gasteiger charge is 2.31. The first-order valence-corrected chi connectivity index (χ1v) is 7.98. The molecular weight excluding hydrogens is 252 g/mol. The van der Waals surface area contributed by atoms with Crippen LogP contribution in [-0.2, 0) is 14.8 Å². The zero-order chi connectivity index (χ0) is 13.6. The maximum absolute atomic E-state index is 11.9. The van der Waals surface area contributed by atoms with E-state index in [9.17, 15) is 13.2 Å². The van der Waals surface area contributed by atoms with Crippen LogP contribution in [0.5, 0.6) is 0 Å². The van der Waals surface area contributed by atoms with Crippen LogP contribution in [0.15, 0.2) is 12.7 Å². The Morgan fingerprint density at radius 3 is 2.89 bits per heavy atom.